The molecule has 0 spiro atoms. The van der Waals surface area contributed by atoms with Gasteiger partial charge in [0.1, 0.15) is 0 Å². The quantitative estimate of drug-likeness (QED) is 0.264. The molecule has 0 aliphatic carbocycles. The summed E-state index contributed by atoms with van der Waals surface area (Å²) in [6, 6.07) is 0. The van der Waals surface area contributed by atoms with Gasteiger partial charge in [-0.3, -0.25) is 0 Å². The van der Waals surface area contributed by atoms with Crippen LogP contribution in [-0.4, -0.2) is -4.24 Å². The van der Waals surface area contributed by atoms with Gasteiger partial charge in [0.05, 0.1) is 0 Å². The minimum atomic E-state index is -1.08. The molecule has 0 saturated heterocycles. The standard InChI is InChI=1S/C18H6Si.12Ra.12H/c1-13-3-7-15(8-4-13)17-11-12-18(19-17)16-9-5-14(2)6-10-16;;;;;;;;;;;;;;;;;;;;;;;;/h1-2H3;;;;;;;;;;;;;;;;;;;;;;;;. The van der Waals surface area contributed by atoms with Gasteiger partial charge < -0.3 is 0 Å². The third kappa shape index (κ3) is 9.55. The van der Waals surface area contributed by atoms with E-state index >= 15 is 0 Å². The molecule has 13 heteroatoms. The molecular formula is C18H18Ra12Si. The molecule has 0 bridgehead atoms. The van der Waals surface area contributed by atoms with Crippen molar-refractivity contribution in [1.29, 1.82) is 0 Å². The first kappa shape index (κ1) is 41.2. The van der Waals surface area contributed by atoms with Crippen molar-refractivity contribution in [2.24, 2.45) is 0 Å². The predicted octanol–water partition coefficient (Wildman–Crippen LogP) is -5.66. The molecule has 1 heterocycles. The molecule has 0 amide bonds. The summed E-state index contributed by atoms with van der Waals surface area (Å²) in [5, 5.41) is 4.61. The van der Waals surface area contributed by atoms with E-state index < -0.39 is -4.24 Å². The molecule has 118 valence electrons. The zero-order valence-corrected chi connectivity index (χ0v) is 122. The van der Waals surface area contributed by atoms with E-state index in [0.717, 1.165) is 0 Å². The Bertz CT molecular complexity index is 1070. The maximum absolute atomic E-state index is 2.55. The summed E-state index contributed by atoms with van der Waals surface area (Å²) in [6.07, 6.45) is 0. The second-order valence-corrected chi connectivity index (χ2v) is 207. The molecule has 1 aliphatic heterocycles. The van der Waals surface area contributed by atoms with Crippen molar-refractivity contribution in [3.05, 3.63) is 23.5 Å². The second-order valence-electron chi connectivity index (χ2n) is 10.6. The topological polar surface area (TPSA) is 0 Å². The average Bonchev–Trinajstić information content (AvgIpc) is 2.88. The van der Waals surface area contributed by atoms with Crippen LogP contribution in [0.2, 0.25) is 0 Å². The van der Waals surface area contributed by atoms with Crippen molar-refractivity contribution in [1.82, 2.24) is 0 Å². The van der Waals surface area contributed by atoms with Crippen molar-refractivity contribution >= 4 is 11.0 Å². The Morgan fingerprint density at radius 2 is 0.645 bits per heavy atom. The second kappa shape index (κ2) is 18.8. The van der Waals surface area contributed by atoms with Gasteiger partial charge >= 0.3 is 559 Å². The van der Waals surface area contributed by atoms with E-state index in [-0.39, 0.29) is 0 Å². The van der Waals surface area contributed by atoms with Crippen molar-refractivity contribution in [3.63, 3.8) is 0 Å². The van der Waals surface area contributed by atoms with Crippen LogP contribution in [-0.2, 0) is 0 Å². The summed E-state index contributed by atoms with van der Waals surface area (Å²) in [5.74, 6) is 0. The summed E-state index contributed by atoms with van der Waals surface area (Å²) < 4.78 is 19.8. The summed E-state index contributed by atoms with van der Waals surface area (Å²) in [5.41, 5.74) is 8.03. The van der Waals surface area contributed by atoms with E-state index in [1.807, 2.05) is 13.5 Å². The van der Waals surface area contributed by atoms with Crippen molar-refractivity contribution in [2.75, 3.05) is 0 Å². The molecule has 0 unspecified atom stereocenters. The summed E-state index contributed by atoms with van der Waals surface area (Å²) >= 11 is 6.84. The van der Waals surface area contributed by atoms with Crippen LogP contribution in [0.3, 0.4) is 0 Å². The maximum atomic E-state index is 2.55. The molecule has 2 aromatic rings. The van der Waals surface area contributed by atoms with Gasteiger partial charge in [-0.2, -0.15) is 0 Å². The number of benzene rings is 2. The van der Waals surface area contributed by atoms with Crippen molar-refractivity contribution in [3.8, 4) is 0 Å². The monoisotopic (exact) mass is 2970 g/mol. The van der Waals surface area contributed by atoms with Gasteiger partial charge in [-0.1, -0.05) is 0 Å². The van der Waals surface area contributed by atoms with E-state index in [1.54, 1.807) is 0 Å². The van der Waals surface area contributed by atoms with Crippen LogP contribution in [0.4, 0.5) is 0 Å². The fraction of sp³-hybridized carbons (Fsp3) is 0.111. The third-order valence-corrected chi connectivity index (χ3v) is 182. The van der Waals surface area contributed by atoms with Crippen LogP contribution < -0.4 is 4.83 Å². The molecule has 0 N–H and O–H groups in total. The molecule has 0 radical (unpaired) electrons. The average molecular weight is 2970 g/mol. The van der Waals surface area contributed by atoms with Gasteiger partial charge in [-0.25, -0.2) is 0 Å². The SMILES string of the molecule is Cc1[c]([RaH])[c]([RaH])c(C2=[C]([RaH])[C]([RaH])=C(c3[c]([RaH])[c]([RaH])c(C)[c]([RaH])[c]3[RaH])[Si]2([RaH])[RaH])[c]([RaH])[c]1[RaH]. The molecule has 0 atom stereocenters. The van der Waals surface area contributed by atoms with E-state index in [4.69, 9.17) is 0 Å². The van der Waals surface area contributed by atoms with Gasteiger partial charge in [0.2, 0.25) is 0 Å². The fourth-order valence-electron chi connectivity index (χ4n) is 6.19. The first-order chi connectivity index (χ1) is 14.2. The van der Waals surface area contributed by atoms with Crippen molar-refractivity contribution in [2.45, 2.75) is 13.8 Å². The van der Waals surface area contributed by atoms with E-state index in [1.165, 1.54) is 0 Å². The molecule has 3 rings (SSSR count). The first-order valence-electron chi connectivity index (χ1n) is 11.8. The molecule has 2 aromatic carbocycles. The Labute approximate surface area is 535 Å². The molecule has 31 heavy (non-hydrogen) atoms. The van der Waals surface area contributed by atoms with Gasteiger partial charge in [0.25, 0.3) is 0 Å². The summed E-state index contributed by atoms with van der Waals surface area (Å²) in [7, 11) is 0. The third-order valence-electron chi connectivity index (χ3n) is 9.06. The van der Waals surface area contributed by atoms with Gasteiger partial charge in [0.15, 0.2) is 0 Å². The summed E-state index contributed by atoms with van der Waals surface area (Å²) in [4.78, 5) is 0. The van der Waals surface area contributed by atoms with Crippen LogP contribution >= 0.6 is 0 Å². The molecular weight excluding hydrogens is 2960 g/mol. The van der Waals surface area contributed by atoms with Gasteiger partial charge in [-0.15, -0.1) is 0 Å². The van der Waals surface area contributed by atoms with E-state index in [0.29, 0.717) is 511 Å². The van der Waals surface area contributed by atoms with Crippen LogP contribution in [0.5, 0.6) is 0 Å². The van der Waals surface area contributed by atoms with Crippen LogP contribution in [0.15, 0.2) is 1.23 Å². The molecule has 0 fully saturated rings. The number of hydrogen-bond acceptors (Lipinski definition) is 0. The van der Waals surface area contributed by atoms with Gasteiger partial charge in [-0.05, 0) is 0 Å². The Kier molecular flexibility index (Phi) is 25.0. The minimum absolute atomic E-state index is 0.537. The number of hydrogen-bond donors (Lipinski definition) is 0. The normalized spacial score (nSPS) is 15.3. The molecule has 0 nitrogen and oxygen atoms in total. The fourth-order valence-corrected chi connectivity index (χ4v) is 229. The van der Waals surface area contributed by atoms with Crippen LogP contribution in [0, 0.1) is 525 Å². The Balaban J connectivity index is 2.39. The Hall–Kier alpha value is 15.7. The van der Waals surface area contributed by atoms with Crippen molar-refractivity contribution < 1.29 is 511 Å². The van der Waals surface area contributed by atoms with Crippen LogP contribution in [0.1, 0.15) is 22.3 Å². The van der Waals surface area contributed by atoms with E-state index in [2.05, 4.69) is 39.0 Å². The molecule has 0 aromatic heterocycles. The zero-order chi connectivity index (χ0) is 23.7. The summed E-state index contributed by atoms with van der Waals surface area (Å²) in [6.45, 7) is 5.11. The molecule has 0 saturated carbocycles. The Morgan fingerprint density at radius 3 is 0.871 bits per heavy atom. The number of rotatable bonds is 2. The number of allylic oxidation sites excluding steroid dienone is 2. The zero-order valence-electron chi connectivity index (χ0n) is 22.5. The molecule has 1 aliphatic rings. The Morgan fingerprint density at radius 1 is 0.419 bits per heavy atom. The van der Waals surface area contributed by atoms with E-state index in [9.17, 15) is 0 Å². The van der Waals surface area contributed by atoms with Gasteiger partial charge in [0, 0.05) is 0 Å². The first-order valence-corrected chi connectivity index (χ1v) is 80.5. The predicted molar refractivity (Wildman–Crippen MR) is 95.8 cm³/mol. The van der Waals surface area contributed by atoms with Crippen LogP contribution in [0.25, 0.3) is 10.4 Å².